The van der Waals surface area contributed by atoms with Gasteiger partial charge in [0.05, 0.1) is 16.9 Å². The van der Waals surface area contributed by atoms with Gasteiger partial charge in [-0.1, -0.05) is 0 Å². The van der Waals surface area contributed by atoms with Gasteiger partial charge >= 0.3 is 5.97 Å². The molecule has 8 heteroatoms. The lowest BCUT2D eigenvalue weighted by atomic mass is 10.0. The van der Waals surface area contributed by atoms with Gasteiger partial charge in [-0.15, -0.1) is 0 Å². The second kappa shape index (κ2) is 3.96. The molecule has 1 aliphatic heterocycles. The van der Waals surface area contributed by atoms with E-state index in [2.05, 4.69) is 4.98 Å². The number of aromatic nitrogens is 1. The van der Waals surface area contributed by atoms with Crippen molar-refractivity contribution in [1.82, 2.24) is 4.98 Å². The molecule has 17 heavy (non-hydrogen) atoms. The van der Waals surface area contributed by atoms with Crippen molar-refractivity contribution in [2.75, 3.05) is 18.0 Å². The van der Waals surface area contributed by atoms with E-state index in [4.69, 9.17) is 5.11 Å². The lowest BCUT2D eigenvalue weighted by Gasteiger charge is -2.37. The summed E-state index contributed by atoms with van der Waals surface area (Å²) >= 11 is 0. The first-order chi connectivity index (χ1) is 7.99. The van der Waals surface area contributed by atoms with Crippen molar-refractivity contribution in [2.45, 2.75) is 0 Å². The first-order valence-electron chi connectivity index (χ1n) is 4.76. The molecule has 0 radical (unpaired) electrons. The number of carboxylic acids is 1. The summed E-state index contributed by atoms with van der Waals surface area (Å²) in [5.41, 5.74) is -0.429. The minimum absolute atomic E-state index is 0.0481. The maximum Gasteiger partial charge on any atom is 0.310 e. The number of rotatable bonds is 3. The average molecular weight is 241 g/mol. The van der Waals surface area contributed by atoms with Crippen molar-refractivity contribution < 1.29 is 19.2 Å². The minimum atomic E-state index is -0.941. The molecular formula is C9H8FN3O4. The molecule has 0 amide bonds. The minimum Gasteiger partial charge on any atom is -0.481 e. The monoisotopic (exact) mass is 241 g/mol. The van der Waals surface area contributed by atoms with Gasteiger partial charge in [-0.2, -0.15) is 0 Å². The molecule has 1 aromatic heterocycles. The van der Waals surface area contributed by atoms with Crippen molar-refractivity contribution in [3.05, 3.63) is 28.2 Å². The summed E-state index contributed by atoms with van der Waals surface area (Å²) in [4.78, 5) is 25.2. The summed E-state index contributed by atoms with van der Waals surface area (Å²) in [6.07, 6.45) is 0.951. The summed E-state index contributed by atoms with van der Waals surface area (Å²) in [5.74, 6) is -2.34. The van der Waals surface area contributed by atoms with E-state index in [1.54, 1.807) is 0 Å². The number of carbonyl (C=O) groups is 1. The van der Waals surface area contributed by atoms with Crippen molar-refractivity contribution in [3.63, 3.8) is 0 Å². The Labute approximate surface area is 94.6 Å². The number of pyridine rings is 1. The van der Waals surface area contributed by atoms with Gasteiger partial charge in [-0.3, -0.25) is 14.9 Å². The zero-order chi connectivity index (χ0) is 12.6. The topological polar surface area (TPSA) is 96.6 Å². The third kappa shape index (κ3) is 2.01. The van der Waals surface area contributed by atoms with Crippen LogP contribution in [-0.4, -0.2) is 34.1 Å². The Hall–Kier alpha value is -2.25. The molecule has 1 aliphatic rings. The highest BCUT2D eigenvalue weighted by Crippen LogP contribution is 2.27. The molecule has 0 aliphatic carbocycles. The van der Waals surface area contributed by atoms with Gasteiger partial charge in [-0.25, -0.2) is 9.37 Å². The van der Waals surface area contributed by atoms with Gasteiger partial charge in [0.1, 0.15) is 6.20 Å². The highest BCUT2D eigenvalue weighted by molar-refractivity contribution is 5.74. The Morgan fingerprint density at radius 1 is 1.65 bits per heavy atom. The summed E-state index contributed by atoms with van der Waals surface area (Å²) in [7, 11) is 0. The van der Waals surface area contributed by atoms with E-state index < -0.39 is 28.3 Å². The molecule has 1 aromatic rings. The molecule has 1 N–H and O–H groups in total. The smallest absolute Gasteiger partial charge is 0.310 e. The fourth-order valence-electron chi connectivity index (χ4n) is 1.56. The van der Waals surface area contributed by atoms with E-state index in [0.29, 0.717) is 0 Å². The van der Waals surface area contributed by atoms with Crippen molar-refractivity contribution in [2.24, 2.45) is 5.92 Å². The Bertz CT molecular complexity index is 487. The maximum absolute atomic E-state index is 13.5. The van der Waals surface area contributed by atoms with E-state index in [0.717, 1.165) is 12.3 Å². The van der Waals surface area contributed by atoms with Crippen LogP contribution in [0.25, 0.3) is 0 Å². The van der Waals surface area contributed by atoms with Crippen molar-refractivity contribution in [3.8, 4) is 0 Å². The Kier molecular flexibility index (Phi) is 2.62. The molecule has 0 saturated carbocycles. The SMILES string of the molecule is O=C(O)C1CN(c2ncc([N+](=O)[O-])cc2F)C1. The number of carboxylic acid groups (broad SMARTS) is 1. The third-order valence-electron chi connectivity index (χ3n) is 2.55. The van der Waals surface area contributed by atoms with Gasteiger partial charge < -0.3 is 10.0 Å². The molecule has 1 saturated heterocycles. The molecule has 0 bridgehead atoms. The van der Waals surface area contributed by atoms with E-state index in [-0.39, 0.29) is 18.9 Å². The molecule has 0 aromatic carbocycles. The number of halogens is 1. The quantitative estimate of drug-likeness (QED) is 0.616. The molecule has 2 rings (SSSR count). The van der Waals surface area contributed by atoms with Crippen LogP contribution in [0.4, 0.5) is 15.9 Å². The van der Waals surface area contributed by atoms with Crippen LogP contribution in [0.1, 0.15) is 0 Å². The van der Waals surface area contributed by atoms with E-state index in [1.165, 1.54) is 4.90 Å². The number of nitro groups is 1. The van der Waals surface area contributed by atoms with Gasteiger partial charge in [0.15, 0.2) is 11.6 Å². The van der Waals surface area contributed by atoms with Crippen molar-refractivity contribution in [1.29, 1.82) is 0 Å². The van der Waals surface area contributed by atoms with Crippen LogP contribution in [0.2, 0.25) is 0 Å². The van der Waals surface area contributed by atoms with E-state index in [9.17, 15) is 19.3 Å². The number of hydrogen-bond acceptors (Lipinski definition) is 5. The highest BCUT2D eigenvalue weighted by Gasteiger charge is 2.35. The maximum atomic E-state index is 13.5. The van der Waals surface area contributed by atoms with Gasteiger partial charge in [-0.05, 0) is 0 Å². The van der Waals surface area contributed by atoms with Gasteiger partial charge in [0.25, 0.3) is 5.69 Å². The standard InChI is InChI=1S/C9H8FN3O4/c10-7-1-6(13(16)17)2-11-8(7)12-3-5(4-12)9(14)15/h1-2,5H,3-4H2,(H,14,15). The Balaban J connectivity index is 2.14. The first-order valence-corrected chi connectivity index (χ1v) is 4.76. The number of anilines is 1. The summed E-state index contributed by atoms with van der Waals surface area (Å²) in [6.45, 7) is 0.328. The summed E-state index contributed by atoms with van der Waals surface area (Å²) in [6, 6.07) is 0.774. The van der Waals surface area contributed by atoms with Crippen LogP contribution in [0.15, 0.2) is 12.3 Å². The lowest BCUT2D eigenvalue weighted by Crippen LogP contribution is -2.51. The second-order valence-electron chi connectivity index (χ2n) is 3.70. The van der Waals surface area contributed by atoms with Gasteiger partial charge in [0, 0.05) is 13.1 Å². The van der Waals surface area contributed by atoms with E-state index in [1.807, 2.05) is 0 Å². The first kappa shape index (κ1) is 11.2. The molecule has 0 spiro atoms. The van der Waals surface area contributed by atoms with Crippen LogP contribution in [-0.2, 0) is 4.79 Å². The number of aliphatic carboxylic acids is 1. The molecule has 90 valence electrons. The van der Waals surface area contributed by atoms with Crippen LogP contribution in [0.3, 0.4) is 0 Å². The van der Waals surface area contributed by atoms with Crippen LogP contribution in [0, 0.1) is 21.8 Å². The summed E-state index contributed by atoms with van der Waals surface area (Å²) < 4.78 is 13.5. The highest BCUT2D eigenvalue weighted by atomic mass is 19.1. The zero-order valence-electron chi connectivity index (χ0n) is 8.54. The molecule has 0 unspecified atom stereocenters. The van der Waals surface area contributed by atoms with Crippen LogP contribution >= 0.6 is 0 Å². The fourth-order valence-corrected chi connectivity index (χ4v) is 1.56. The largest absolute Gasteiger partial charge is 0.481 e. The zero-order valence-corrected chi connectivity index (χ0v) is 8.54. The molecule has 7 nitrogen and oxygen atoms in total. The Morgan fingerprint density at radius 2 is 2.29 bits per heavy atom. The predicted octanol–water partition coefficient (Wildman–Crippen LogP) is 0.650. The van der Waals surface area contributed by atoms with Crippen LogP contribution < -0.4 is 4.90 Å². The third-order valence-corrected chi connectivity index (χ3v) is 2.55. The number of nitrogens with zero attached hydrogens (tertiary/aromatic N) is 3. The van der Waals surface area contributed by atoms with Crippen molar-refractivity contribution >= 4 is 17.5 Å². The van der Waals surface area contributed by atoms with Crippen LogP contribution in [0.5, 0.6) is 0 Å². The Morgan fingerprint density at radius 3 is 2.76 bits per heavy atom. The normalized spacial score (nSPS) is 15.5. The predicted molar refractivity (Wildman–Crippen MR) is 54.2 cm³/mol. The molecule has 0 atom stereocenters. The fraction of sp³-hybridized carbons (Fsp3) is 0.333. The average Bonchev–Trinajstić information content (AvgIpc) is 2.17. The molecule has 1 fully saturated rings. The molecular weight excluding hydrogens is 233 g/mol. The van der Waals surface area contributed by atoms with E-state index >= 15 is 0 Å². The molecule has 2 heterocycles. The summed E-state index contributed by atoms with van der Waals surface area (Å²) in [5, 5.41) is 19.0. The lowest BCUT2D eigenvalue weighted by molar-refractivity contribution is -0.385. The van der Waals surface area contributed by atoms with Gasteiger partial charge in [0.2, 0.25) is 0 Å². The number of hydrogen-bond donors (Lipinski definition) is 1. The second-order valence-corrected chi connectivity index (χ2v) is 3.70.